The first kappa shape index (κ1) is 15.3. The summed E-state index contributed by atoms with van der Waals surface area (Å²) in [4.78, 5) is 5.32. The van der Waals surface area contributed by atoms with Crippen LogP contribution in [0.3, 0.4) is 0 Å². The highest BCUT2D eigenvalue weighted by molar-refractivity contribution is 4.84. The number of rotatable bonds is 5. The van der Waals surface area contributed by atoms with Crippen molar-refractivity contribution in [3.63, 3.8) is 0 Å². The summed E-state index contributed by atoms with van der Waals surface area (Å²) in [6.45, 7) is 14.4. The lowest BCUT2D eigenvalue weighted by Crippen LogP contribution is -2.52. The monoisotopic (exact) mass is 267 g/mol. The van der Waals surface area contributed by atoms with E-state index in [2.05, 4.69) is 35.9 Å². The largest absolute Gasteiger partial charge is 0.314 e. The molecule has 2 atom stereocenters. The Bertz CT molecular complexity index is 244. The van der Waals surface area contributed by atoms with Gasteiger partial charge in [0.25, 0.3) is 0 Å². The number of hydrogen-bond acceptors (Lipinski definition) is 3. The van der Waals surface area contributed by atoms with Crippen molar-refractivity contribution in [1.29, 1.82) is 0 Å². The molecule has 0 radical (unpaired) electrons. The minimum Gasteiger partial charge on any atom is -0.314 e. The Kier molecular flexibility index (Phi) is 6.11. The van der Waals surface area contributed by atoms with Gasteiger partial charge in [-0.1, -0.05) is 19.8 Å². The molecule has 1 saturated heterocycles. The van der Waals surface area contributed by atoms with Crippen molar-refractivity contribution in [2.45, 2.75) is 58.5 Å². The molecule has 3 nitrogen and oxygen atoms in total. The molecule has 0 aromatic carbocycles. The molecule has 0 spiro atoms. The smallest absolute Gasteiger partial charge is 0.0113 e. The maximum absolute atomic E-state index is 3.71. The number of nitrogens with zero attached hydrogens (tertiary/aromatic N) is 2. The van der Waals surface area contributed by atoms with Crippen molar-refractivity contribution in [1.82, 2.24) is 15.1 Å². The van der Waals surface area contributed by atoms with E-state index >= 15 is 0 Å². The van der Waals surface area contributed by atoms with E-state index in [1.807, 2.05) is 0 Å². The molecule has 1 N–H and O–H groups in total. The SMILES string of the molecule is CCNC1CCCCC1CN1CCN(C(C)C)CC1. The Balaban J connectivity index is 1.77. The van der Waals surface area contributed by atoms with E-state index in [9.17, 15) is 0 Å². The highest BCUT2D eigenvalue weighted by Gasteiger charge is 2.27. The average molecular weight is 267 g/mol. The lowest BCUT2D eigenvalue weighted by atomic mass is 9.84. The standard InChI is InChI=1S/C16H33N3/c1-4-17-16-8-6-5-7-15(16)13-18-9-11-19(12-10-18)14(2)3/h14-17H,4-13H2,1-3H3. The van der Waals surface area contributed by atoms with Crippen molar-refractivity contribution in [2.75, 3.05) is 39.3 Å². The zero-order valence-electron chi connectivity index (χ0n) is 13.2. The van der Waals surface area contributed by atoms with Crippen LogP contribution < -0.4 is 5.32 Å². The minimum atomic E-state index is 0.714. The van der Waals surface area contributed by atoms with Gasteiger partial charge in [-0.2, -0.15) is 0 Å². The fourth-order valence-corrected chi connectivity index (χ4v) is 3.75. The molecule has 2 rings (SSSR count). The minimum absolute atomic E-state index is 0.714. The lowest BCUT2D eigenvalue weighted by Gasteiger charge is -2.41. The molecule has 0 aromatic heterocycles. The van der Waals surface area contributed by atoms with Gasteiger partial charge in [-0.15, -0.1) is 0 Å². The van der Waals surface area contributed by atoms with E-state index in [0.717, 1.165) is 18.5 Å². The van der Waals surface area contributed by atoms with Crippen LogP contribution in [-0.4, -0.2) is 61.2 Å². The summed E-state index contributed by atoms with van der Waals surface area (Å²) >= 11 is 0. The van der Waals surface area contributed by atoms with Crippen LogP contribution in [-0.2, 0) is 0 Å². The fourth-order valence-electron chi connectivity index (χ4n) is 3.75. The second-order valence-corrected chi connectivity index (χ2v) is 6.64. The second-order valence-electron chi connectivity index (χ2n) is 6.64. The van der Waals surface area contributed by atoms with Crippen LogP contribution in [0.2, 0.25) is 0 Å². The van der Waals surface area contributed by atoms with Crippen molar-refractivity contribution < 1.29 is 0 Å². The summed E-state index contributed by atoms with van der Waals surface area (Å²) < 4.78 is 0. The van der Waals surface area contributed by atoms with E-state index in [0.29, 0.717) is 6.04 Å². The third-order valence-electron chi connectivity index (χ3n) is 5.01. The third kappa shape index (κ3) is 4.44. The maximum Gasteiger partial charge on any atom is 0.0113 e. The topological polar surface area (TPSA) is 18.5 Å². The Labute approximate surface area is 119 Å². The van der Waals surface area contributed by atoms with Gasteiger partial charge in [0.2, 0.25) is 0 Å². The summed E-state index contributed by atoms with van der Waals surface area (Å²) in [5.74, 6) is 0.888. The van der Waals surface area contributed by atoms with Gasteiger partial charge >= 0.3 is 0 Å². The molecular weight excluding hydrogens is 234 g/mol. The van der Waals surface area contributed by atoms with Crippen LogP contribution in [0.25, 0.3) is 0 Å². The first-order valence-corrected chi connectivity index (χ1v) is 8.40. The summed E-state index contributed by atoms with van der Waals surface area (Å²) in [6.07, 6.45) is 5.69. The number of hydrogen-bond donors (Lipinski definition) is 1. The van der Waals surface area contributed by atoms with Crippen LogP contribution in [0.4, 0.5) is 0 Å². The van der Waals surface area contributed by atoms with Crippen molar-refractivity contribution in [3.8, 4) is 0 Å². The van der Waals surface area contributed by atoms with E-state index in [-0.39, 0.29) is 0 Å². The lowest BCUT2D eigenvalue weighted by molar-refractivity contribution is 0.0834. The number of piperazine rings is 1. The summed E-state index contributed by atoms with van der Waals surface area (Å²) in [5.41, 5.74) is 0. The first-order chi connectivity index (χ1) is 9.20. The van der Waals surface area contributed by atoms with Crippen molar-refractivity contribution in [3.05, 3.63) is 0 Å². The molecule has 0 aromatic rings. The molecule has 1 heterocycles. The highest BCUT2D eigenvalue weighted by atomic mass is 15.3. The van der Waals surface area contributed by atoms with Gasteiger partial charge in [0.1, 0.15) is 0 Å². The zero-order valence-corrected chi connectivity index (χ0v) is 13.2. The summed E-state index contributed by atoms with van der Waals surface area (Å²) in [7, 11) is 0. The Morgan fingerprint density at radius 3 is 2.37 bits per heavy atom. The molecule has 0 amide bonds. The van der Waals surface area contributed by atoms with E-state index in [1.165, 1.54) is 58.4 Å². The van der Waals surface area contributed by atoms with Gasteiger partial charge < -0.3 is 10.2 Å². The van der Waals surface area contributed by atoms with Crippen molar-refractivity contribution in [2.24, 2.45) is 5.92 Å². The Morgan fingerprint density at radius 2 is 1.74 bits per heavy atom. The molecule has 2 aliphatic rings. The molecule has 1 aliphatic heterocycles. The van der Waals surface area contributed by atoms with Gasteiger partial charge in [0.15, 0.2) is 0 Å². The highest BCUT2D eigenvalue weighted by Crippen LogP contribution is 2.25. The van der Waals surface area contributed by atoms with Crippen LogP contribution in [0.1, 0.15) is 46.5 Å². The fraction of sp³-hybridized carbons (Fsp3) is 1.00. The van der Waals surface area contributed by atoms with Crippen LogP contribution in [0, 0.1) is 5.92 Å². The van der Waals surface area contributed by atoms with Crippen molar-refractivity contribution >= 4 is 0 Å². The molecule has 3 heteroatoms. The summed E-state index contributed by atoms with van der Waals surface area (Å²) in [6, 6.07) is 1.49. The van der Waals surface area contributed by atoms with Gasteiger partial charge in [-0.05, 0) is 39.2 Å². The predicted molar refractivity (Wildman–Crippen MR) is 82.6 cm³/mol. The average Bonchev–Trinajstić information content (AvgIpc) is 2.42. The second kappa shape index (κ2) is 7.61. The van der Waals surface area contributed by atoms with E-state index in [4.69, 9.17) is 0 Å². The van der Waals surface area contributed by atoms with Crippen LogP contribution in [0.5, 0.6) is 0 Å². The number of nitrogens with one attached hydrogen (secondary N) is 1. The van der Waals surface area contributed by atoms with Gasteiger partial charge in [-0.3, -0.25) is 4.90 Å². The third-order valence-corrected chi connectivity index (χ3v) is 5.01. The maximum atomic E-state index is 3.71. The zero-order chi connectivity index (χ0) is 13.7. The quantitative estimate of drug-likeness (QED) is 0.824. The Hall–Kier alpha value is -0.120. The van der Waals surface area contributed by atoms with Gasteiger partial charge in [0.05, 0.1) is 0 Å². The van der Waals surface area contributed by atoms with E-state index in [1.54, 1.807) is 0 Å². The first-order valence-electron chi connectivity index (χ1n) is 8.40. The molecule has 1 aliphatic carbocycles. The van der Waals surface area contributed by atoms with Gasteiger partial charge in [-0.25, -0.2) is 0 Å². The Morgan fingerprint density at radius 1 is 1.05 bits per heavy atom. The molecule has 19 heavy (non-hydrogen) atoms. The van der Waals surface area contributed by atoms with Crippen LogP contribution >= 0.6 is 0 Å². The molecule has 2 fully saturated rings. The molecule has 112 valence electrons. The molecule has 1 saturated carbocycles. The molecule has 2 unspecified atom stereocenters. The normalized spacial score (nSPS) is 30.9. The molecular formula is C16H33N3. The van der Waals surface area contributed by atoms with E-state index < -0.39 is 0 Å². The van der Waals surface area contributed by atoms with Gasteiger partial charge in [0, 0.05) is 44.8 Å². The predicted octanol–water partition coefficient (Wildman–Crippen LogP) is 2.18. The summed E-state index contributed by atoms with van der Waals surface area (Å²) in [5, 5.41) is 3.71. The molecule has 0 bridgehead atoms. The van der Waals surface area contributed by atoms with Crippen LogP contribution in [0.15, 0.2) is 0 Å².